The molecule has 5 unspecified atom stereocenters. The molecule has 18 heteroatoms. The first-order valence-corrected chi connectivity index (χ1v) is 30.4. The highest BCUT2D eigenvalue weighted by Gasteiger charge is 2.49. The summed E-state index contributed by atoms with van der Waals surface area (Å²) in [7, 11) is -11.1. The van der Waals surface area contributed by atoms with Crippen molar-refractivity contribution in [2.75, 3.05) is 26.0 Å². The van der Waals surface area contributed by atoms with Gasteiger partial charge in [0.05, 0.1) is 18.4 Å². The molecule has 0 amide bonds. The maximum Gasteiger partial charge on any atom is 0.360 e. The number of aliphatic hydroxyl groups is 1. The number of hydrogen-bond donors (Lipinski definition) is 1. The van der Waals surface area contributed by atoms with Crippen LogP contribution in [-0.4, -0.2) is 86.1 Å². The maximum atomic E-state index is 12.8. The van der Waals surface area contributed by atoms with Crippen LogP contribution < -0.4 is 4.89 Å². The molecule has 1 radical (unpaired) electrons. The Labute approximate surface area is 249 Å². The Morgan fingerprint density at radius 3 is 1.79 bits per heavy atom. The molecule has 0 spiro atoms. The molecule has 10 nitrogen and oxygen atoms in total. The van der Waals surface area contributed by atoms with Crippen LogP contribution in [0, 0.1) is 11.8 Å². The highest BCUT2D eigenvalue weighted by molar-refractivity contribution is 8.33. The summed E-state index contributed by atoms with van der Waals surface area (Å²) in [5, 5.41) is 9.03. The van der Waals surface area contributed by atoms with Crippen molar-refractivity contribution in [3.8, 4) is 0 Å². The van der Waals surface area contributed by atoms with Gasteiger partial charge in [-0.25, -0.2) is 0 Å². The van der Waals surface area contributed by atoms with Crippen molar-refractivity contribution < 1.29 is 45.5 Å². The summed E-state index contributed by atoms with van der Waals surface area (Å²) >= 11 is 4.72. The minimum absolute atomic E-state index is 0.0300. The van der Waals surface area contributed by atoms with E-state index < -0.39 is 73.7 Å². The van der Waals surface area contributed by atoms with Gasteiger partial charge in [-0.3, -0.25) is 9.59 Å². The van der Waals surface area contributed by atoms with E-state index >= 15 is 0 Å². The van der Waals surface area contributed by atoms with Crippen LogP contribution in [0.2, 0.25) is 71.0 Å². The molecule has 0 aliphatic carbocycles. The summed E-state index contributed by atoms with van der Waals surface area (Å²) in [6.07, 6.45) is 0.203. The van der Waals surface area contributed by atoms with E-state index in [0.717, 1.165) is 9.50 Å². The van der Waals surface area contributed by atoms with Crippen molar-refractivity contribution in [3.05, 3.63) is 0 Å². The summed E-state index contributed by atoms with van der Waals surface area (Å²) in [5.41, 5.74) is 0. The maximum absolute atomic E-state index is 12.8. The Hall–Kier alpha value is 0.524. The first-order chi connectivity index (χ1) is 17.6. The fourth-order valence-corrected chi connectivity index (χ4v) is 25.7. The third-order valence-electron chi connectivity index (χ3n) is 4.86. The van der Waals surface area contributed by atoms with Gasteiger partial charge in [0.25, 0.3) is 0 Å². The lowest BCUT2D eigenvalue weighted by Gasteiger charge is -2.42. The quantitative estimate of drug-likeness (QED) is 0.121. The first kappa shape index (κ1) is 39.5. The van der Waals surface area contributed by atoms with Crippen molar-refractivity contribution in [1.29, 1.82) is 0 Å². The normalized spacial score (nSPS) is 17.5. The van der Waals surface area contributed by atoms with Gasteiger partial charge in [0.15, 0.2) is 16.6 Å². The van der Waals surface area contributed by atoms with Crippen molar-refractivity contribution in [2.45, 2.75) is 84.9 Å². The van der Waals surface area contributed by atoms with Gasteiger partial charge in [0.2, 0.25) is 0 Å². The molecule has 0 saturated carbocycles. The third kappa shape index (κ3) is 18.6. The Bertz CT molecular complexity index is 856. The summed E-state index contributed by atoms with van der Waals surface area (Å²) < 4.78 is 36.9. The molecule has 0 bridgehead atoms. The number of aliphatic hydroxyl groups excluding tert-OH is 1. The minimum Gasteiger partial charge on any atom is -0.620 e. The van der Waals surface area contributed by atoms with E-state index in [-0.39, 0.29) is 26.0 Å². The average molecular weight is 696 g/mol. The molecule has 0 aliphatic heterocycles. The van der Waals surface area contributed by atoms with E-state index in [9.17, 15) is 14.5 Å². The Morgan fingerprint density at radius 1 is 0.872 bits per heavy atom. The number of carbonyl (C=O) groups excluding carboxylic acids is 2. The molecule has 0 fully saturated rings. The van der Waals surface area contributed by atoms with Crippen LogP contribution >= 0.6 is 6.92 Å². The van der Waals surface area contributed by atoms with Gasteiger partial charge in [-0.2, -0.15) is 0 Å². The summed E-state index contributed by atoms with van der Waals surface area (Å²) in [6.45, 7) is 19.8. The molecule has 0 aromatic heterocycles. The zero-order valence-corrected chi connectivity index (χ0v) is 32.8. The first-order valence-electron chi connectivity index (χ1n) is 12.9. The molecule has 229 valence electrons. The second-order valence-corrected chi connectivity index (χ2v) is 34.1. The van der Waals surface area contributed by atoms with E-state index in [2.05, 4.69) is 39.3 Å². The molecule has 0 aromatic carbocycles. The molecule has 0 rings (SSSR count). The van der Waals surface area contributed by atoms with Crippen molar-refractivity contribution in [2.24, 2.45) is 11.8 Å². The standard InChI is InChI=1S/C21H48O10PS2Si5/c1-18(21(24)27-14-15-32(25)34-33)16-38(10,29-35(3)28-36(4,5)6)31-39(11,30-37(7,8)9)17-19(2)20(23)26-13-12-22/h18-19,22H,12-17H2,1-11H3. The van der Waals surface area contributed by atoms with Gasteiger partial charge < -0.3 is 35.9 Å². The molecular formula is C21H48O10PS2Si5. The van der Waals surface area contributed by atoms with E-state index in [1.54, 1.807) is 13.8 Å². The average Bonchev–Trinajstić information content (AvgIpc) is 2.73. The smallest absolute Gasteiger partial charge is 0.360 e. The summed E-state index contributed by atoms with van der Waals surface area (Å²) in [5.74, 6) is -1.91. The lowest BCUT2D eigenvalue weighted by atomic mass is 10.2. The van der Waals surface area contributed by atoms with Crippen LogP contribution in [0.25, 0.3) is 0 Å². The highest BCUT2D eigenvalue weighted by Crippen LogP contribution is 2.32. The number of ether oxygens (including phenoxy) is 2. The minimum atomic E-state index is -3.14. The van der Waals surface area contributed by atoms with Crippen LogP contribution in [-0.2, 0) is 56.2 Å². The van der Waals surface area contributed by atoms with Crippen molar-refractivity contribution in [1.82, 2.24) is 0 Å². The number of carbonyl (C=O) groups is 2. The second kappa shape index (κ2) is 17.6. The zero-order chi connectivity index (χ0) is 30.7. The van der Waals surface area contributed by atoms with Crippen LogP contribution in [0.3, 0.4) is 0 Å². The van der Waals surface area contributed by atoms with Crippen molar-refractivity contribution >= 4 is 82.6 Å². The van der Waals surface area contributed by atoms with Gasteiger partial charge in [-0.05, 0) is 58.9 Å². The van der Waals surface area contributed by atoms with E-state index in [4.69, 9.17) is 42.2 Å². The Kier molecular flexibility index (Phi) is 17.8. The number of esters is 2. The molecule has 0 aliphatic rings. The van der Waals surface area contributed by atoms with Gasteiger partial charge in [0, 0.05) is 23.3 Å². The molecular weight excluding hydrogens is 648 g/mol. The fraction of sp³-hybridized carbons (Fsp3) is 0.905. The van der Waals surface area contributed by atoms with Gasteiger partial charge in [0.1, 0.15) is 35.8 Å². The fourth-order valence-electron chi connectivity index (χ4n) is 4.04. The molecule has 0 aromatic rings. The Morgan fingerprint density at radius 2 is 1.36 bits per heavy atom. The van der Waals surface area contributed by atoms with Crippen LogP contribution in [0.1, 0.15) is 13.8 Å². The number of rotatable bonds is 19. The second-order valence-electron chi connectivity index (χ2n) is 11.8. The Balaban J connectivity index is 6.07. The van der Waals surface area contributed by atoms with Gasteiger partial charge >= 0.3 is 38.3 Å². The lowest BCUT2D eigenvalue weighted by molar-refractivity contribution is -0.154. The predicted octanol–water partition coefficient (Wildman–Crippen LogP) is 3.55. The van der Waals surface area contributed by atoms with Crippen LogP contribution in [0.15, 0.2) is 0 Å². The SMILES string of the molecule is CC(C[Si](C)(O[Si](C)O[Si](C)(C)C)O[Si](C)(CC(C)C(=O)OCCO)O[Si](C)(C)C)C(=O)OCC[P+]([O-])=S=S. The van der Waals surface area contributed by atoms with Crippen LogP contribution in [0.5, 0.6) is 0 Å². The largest absolute Gasteiger partial charge is 0.620 e. The van der Waals surface area contributed by atoms with E-state index in [1.165, 1.54) is 0 Å². The molecule has 5 atom stereocenters. The van der Waals surface area contributed by atoms with Gasteiger partial charge in [-0.15, -0.1) is 0 Å². The van der Waals surface area contributed by atoms with Gasteiger partial charge in [-0.1, -0.05) is 13.8 Å². The molecule has 0 saturated heterocycles. The lowest BCUT2D eigenvalue weighted by Crippen LogP contribution is -2.59. The summed E-state index contributed by atoms with van der Waals surface area (Å²) in [4.78, 5) is 37.0. The van der Waals surface area contributed by atoms with Crippen molar-refractivity contribution in [3.63, 3.8) is 0 Å². The van der Waals surface area contributed by atoms with E-state index in [1.807, 2.05) is 19.6 Å². The highest BCUT2D eigenvalue weighted by atomic mass is 32.9. The predicted molar refractivity (Wildman–Crippen MR) is 169 cm³/mol. The monoisotopic (exact) mass is 695 g/mol. The molecule has 39 heavy (non-hydrogen) atoms. The van der Waals surface area contributed by atoms with Crippen LogP contribution in [0.4, 0.5) is 0 Å². The third-order valence-corrected chi connectivity index (χ3v) is 24.9. The summed E-state index contributed by atoms with van der Waals surface area (Å²) in [6, 6.07) is 0.630. The number of hydrogen-bond acceptors (Lipinski definition) is 11. The molecule has 0 heterocycles. The van der Waals surface area contributed by atoms with E-state index in [0.29, 0.717) is 12.1 Å². The zero-order valence-electron chi connectivity index (χ0n) is 25.3. The molecule has 1 N–H and O–H groups in total. The topological polar surface area (TPSA) is 133 Å².